The number of carbonyl (C=O) groups excluding carboxylic acids is 2. The number of hydrogen-bond acceptors (Lipinski definition) is 4. The molecule has 0 radical (unpaired) electrons. The van der Waals surface area contributed by atoms with Crippen molar-refractivity contribution in [3.8, 4) is 0 Å². The Morgan fingerprint density at radius 3 is 2.37 bits per heavy atom. The summed E-state index contributed by atoms with van der Waals surface area (Å²) in [5.41, 5.74) is 1.35. The van der Waals surface area contributed by atoms with Gasteiger partial charge in [0.05, 0.1) is 16.8 Å². The second-order valence-corrected chi connectivity index (χ2v) is 9.60. The van der Waals surface area contributed by atoms with Crippen molar-refractivity contribution < 1.29 is 23.5 Å². The van der Waals surface area contributed by atoms with Crippen molar-refractivity contribution in [2.24, 2.45) is 0 Å². The summed E-state index contributed by atoms with van der Waals surface area (Å²) >= 11 is 6.38. The molecule has 0 aliphatic heterocycles. The Morgan fingerprint density at radius 1 is 1.03 bits per heavy atom. The molecule has 184 valence electrons. The highest BCUT2D eigenvalue weighted by Gasteiger charge is 2.24. The second kappa shape index (κ2) is 10.5. The highest BCUT2D eigenvalue weighted by molar-refractivity contribution is 6.35. The number of hydrogen-bond donors (Lipinski definition) is 3. The minimum absolute atomic E-state index is 0.0645. The monoisotopic (exact) mass is 500 g/mol. The lowest BCUT2D eigenvalue weighted by molar-refractivity contribution is 0.0869. The van der Waals surface area contributed by atoms with Gasteiger partial charge in [0.1, 0.15) is 11.6 Å². The fraction of sp³-hybridized carbons (Fsp3) is 0.259. The van der Waals surface area contributed by atoms with Crippen molar-refractivity contribution in [1.82, 2.24) is 5.32 Å². The molecule has 1 unspecified atom stereocenters. The van der Waals surface area contributed by atoms with Crippen LogP contribution in [0.3, 0.4) is 0 Å². The molecule has 0 spiro atoms. The normalized spacial score (nSPS) is 12.2. The lowest BCUT2D eigenvalue weighted by Gasteiger charge is -2.27. The zero-order chi connectivity index (χ0) is 25.9. The number of halogens is 3. The molecule has 0 bridgehead atoms. The van der Waals surface area contributed by atoms with E-state index in [1.165, 1.54) is 24.3 Å². The van der Waals surface area contributed by atoms with Gasteiger partial charge in [-0.05, 0) is 82.1 Å². The summed E-state index contributed by atoms with van der Waals surface area (Å²) < 4.78 is 27.1. The van der Waals surface area contributed by atoms with Crippen LogP contribution in [0.5, 0.6) is 0 Å². The van der Waals surface area contributed by atoms with Crippen molar-refractivity contribution in [2.45, 2.75) is 45.8 Å². The van der Waals surface area contributed by atoms with Crippen LogP contribution in [0.25, 0.3) is 0 Å². The van der Waals surface area contributed by atoms with Crippen LogP contribution in [0, 0.1) is 18.6 Å². The predicted octanol–water partition coefficient (Wildman–Crippen LogP) is 6.18. The molecule has 0 fully saturated rings. The first-order valence-electron chi connectivity index (χ1n) is 11.0. The van der Waals surface area contributed by atoms with E-state index < -0.39 is 23.3 Å². The van der Waals surface area contributed by atoms with Crippen LogP contribution < -0.4 is 10.6 Å². The minimum Gasteiger partial charge on any atom is -0.393 e. The van der Waals surface area contributed by atoms with Gasteiger partial charge in [0.15, 0.2) is 5.78 Å². The van der Waals surface area contributed by atoms with E-state index in [-0.39, 0.29) is 28.0 Å². The lowest BCUT2D eigenvalue weighted by Crippen LogP contribution is -2.45. The highest BCUT2D eigenvalue weighted by Crippen LogP contribution is 2.28. The molecule has 5 nitrogen and oxygen atoms in total. The lowest BCUT2D eigenvalue weighted by atomic mass is 9.94. The Kier molecular flexibility index (Phi) is 7.93. The van der Waals surface area contributed by atoms with Crippen molar-refractivity contribution in [1.29, 1.82) is 0 Å². The number of anilines is 2. The maximum absolute atomic E-state index is 13.9. The molecule has 0 aliphatic carbocycles. The Bertz CT molecular complexity index is 1280. The Hall–Kier alpha value is -3.29. The molecule has 0 aromatic heterocycles. The number of benzene rings is 3. The van der Waals surface area contributed by atoms with Crippen LogP contribution in [0.15, 0.2) is 54.6 Å². The molecule has 0 saturated heterocycles. The number of amides is 1. The summed E-state index contributed by atoms with van der Waals surface area (Å²) in [6.07, 6.45) is -0.214. The average molecular weight is 501 g/mol. The summed E-state index contributed by atoms with van der Waals surface area (Å²) in [7, 11) is 0. The van der Waals surface area contributed by atoms with Crippen LogP contribution in [-0.4, -0.2) is 28.4 Å². The van der Waals surface area contributed by atoms with Crippen LogP contribution in [0.4, 0.5) is 20.2 Å². The van der Waals surface area contributed by atoms with E-state index in [2.05, 4.69) is 10.6 Å². The molecule has 1 atom stereocenters. The average Bonchev–Trinajstić information content (AvgIpc) is 2.74. The smallest absolute Gasteiger partial charge is 0.251 e. The summed E-state index contributed by atoms with van der Waals surface area (Å²) in [5.74, 6) is -2.19. The van der Waals surface area contributed by atoms with Crippen molar-refractivity contribution in [2.75, 3.05) is 5.32 Å². The number of rotatable bonds is 8. The quantitative estimate of drug-likeness (QED) is 0.323. The number of nitrogens with one attached hydrogen (secondary N) is 2. The third-order valence-corrected chi connectivity index (χ3v) is 5.74. The molecule has 3 aromatic rings. The molecule has 3 N–H and O–H groups in total. The molecule has 0 aliphatic rings. The first-order valence-corrected chi connectivity index (χ1v) is 11.4. The van der Waals surface area contributed by atoms with Gasteiger partial charge in [-0.25, -0.2) is 8.78 Å². The molecule has 3 rings (SSSR count). The zero-order valence-corrected chi connectivity index (χ0v) is 20.6. The van der Waals surface area contributed by atoms with E-state index in [1.807, 2.05) is 13.8 Å². The fourth-order valence-electron chi connectivity index (χ4n) is 3.85. The third-order valence-electron chi connectivity index (χ3n) is 5.43. The van der Waals surface area contributed by atoms with E-state index >= 15 is 0 Å². The van der Waals surface area contributed by atoms with Crippen LogP contribution in [0.1, 0.15) is 59.0 Å². The van der Waals surface area contributed by atoms with Crippen LogP contribution >= 0.6 is 11.6 Å². The summed E-state index contributed by atoms with van der Waals surface area (Å²) in [6.45, 7) is 7.03. The van der Waals surface area contributed by atoms with Crippen molar-refractivity contribution >= 4 is 34.7 Å². The molecule has 1 amide bonds. The molecular formula is C27H27ClF2N2O3. The second-order valence-electron chi connectivity index (χ2n) is 9.19. The standard InChI is InChI=1S/C27H27ClF2N2O3/c1-15-5-6-17(26(35)32-27(3,4)14-16(2)33)11-21(15)25(34)20-9-8-19(13-22(20)28)31-24-10-7-18(29)12-23(24)30/h5-13,16,31,33H,14H2,1-4H3,(H,32,35). The molecule has 0 saturated carbocycles. The molecule has 35 heavy (non-hydrogen) atoms. The van der Waals surface area contributed by atoms with Crippen molar-refractivity contribution in [3.63, 3.8) is 0 Å². The predicted molar refractivity (Wildman–Crippen MR) is 134 cm³/mol. The summed E-state index contributed by atoms with van der Waals surface area (Å²) in [5, 5.41) is 15.5. The van der Waals surface area contributed by atoms with Gasteiger partial charge in [-0.15, -0.1) is 0 Å². The third kappa shape index (κ3) is 6.65. The Morgan fingerprint density at radius 2 is 1.74 bits per heavy atom. The maximum Gasteiger partial charge on any atom is 0.251 e. The zero-order valence-electron chi connectivity index (χ0n) is 19.9. The van der Waals surface area contributed by atoms with Crippen LogP contribution in [-0.2, 0) is 0 Å². The SMILES string of the molecule is Cc1ccc(C(=O)NC(C)(C)CC(C)O)cc1C(=O)c1ccc(Nc2ccc(F)cc2F)cc1Cl. The van der Waals surface area contributed by atoms with Gasteiger partial charge in [0, 0.05) is 34.0 Å². The van der Waals surface area contributed by atoms with Gasteiger partial charge in [-0.3, -0.25) is 9.59 Å². The topological polar surface area (TPSA) is 78.4 Å². The first kappa shape index (κ1) is 26.3. The Balaban J connectivity index is 1.84. The van der Waals surface area contributed by atoms with Gasteiger partial charge in [0.25, 0.3) is 5.91 Å². The summed E-state index contributed by atoms with van der Waals surface area (Å²) in [4.78, 5) is 26.1. The van der Waals surface area contributed by atoms with Gasteiger partial charge in [-0.2, -0.15) is 0 Å². The van der Waals surface area contributed by atoms with Gasteiger partial charge >= 0.3 is 0 Å². The Labute approximate surface area is 208 Å². The van der Waals surface area contributed by atoms with Gasteiger partial charge in [0.2, 0.25) is 0 Å². The first-order chi connectivity index (χ1) is 16.4. The fourth-order valence-corrected chi connectivity index (χ4v) is 4.11. The molecule has 8 heteroatoms. The van der Waals surface area contributed by atoms with Gasteiger partial charge < -0.3 is 15.7 Å². The summed E-state index contributed by atoms with van der Waals surface area (Å²) in [6, 6.07) is 12.5. The van der Waals surface area contributed by atoms with Crippen LogP contribution in [0.2, 0.25) is 5.02 Å². The van der Waals surface area contributed by atoms with Gasteiger partial charge in [-0.1, -0.05) is 17.7 Å². The number of ketones is 1. The maximum atomic E-state index is 13.9. The number of aliphatic hydroxyl groups excluding tert-OH is 1. The highest BCUT2D eigenvalue weighted by atomic mass is 35.5. The largest absolute Gasteiger partial charge is 0.393 e. The van der Waals surface area contributed by atoms with E-state index in [4.69, 9.17) is 11.6 Å². The molecule has 3 aromatic carbocycles. The van der Waals surface area contributed by atoms with E-state index in [9.17, 15) is 23.5 Å². The number of carbonyl (C=O) groups is 2. The number of aliphatic hydroxyl groups is 1. The minimum atomic E-state index is -0.761. The molecule has 0 heterocycles. The molecular weight excluding hydrogens is 474 g/mol. The van der Waals surface area contributed by atoms with E-state index in [1.54, 1.807) is 32.0 Å². The van der Waals surface area contributed by atoms with E-state index in [0.717, 1.165) is 12.1 Å². The van der Waals surface area contributed by atoms with Crippen molar-refractivity contribution in [3.05, 3.63) is 93.5 Å². The van der Waals surface area contributed by atoms with E-state index in [0.29, 0.717) is 28.8 Å². The number of aryl methyl sites for hydroxylation is 1.